The topological polar surface area (TPSA) is 125 Å². The summed E-state index contributed by atoms with van der Waals surface area (Å²) in [5.41, 5.74) is 5.15. The van der Waals surface area contributed by atoms with Crippen LogP contribution in [-0.4, -0.2) is 65.5 Å². The van der Waals surface area contributed by atoms with Crippen molar-refractivity contribution in [2.75, 3.05) is 20.1 Å². The minimum atomic E-state index is -1.34. The van der Waals surface area contributed by atoms with E-state index in [1.807, 2.05) is 42.5 Å². The monoisotopic (exact) mass is 508 g/mol. The fraction of sp³-hybridized carbons (Fsp3) is 0.321. The molecule has 0 bridgehead atoms. The van der Waals surface area contributed by atoms with E-state index in [1.165, 1.54) is 36.2 Å². The van der Waals surface area contributed by atoms with Crippen LogP contribution in [0.5, 0.6) is 0 Å². The number of nitrogens with two attached hydrogens (primary N) is 1. The number of hydrogen-bond donors (Lipinski definition) is 4. The van der Waals surface area contributed by atoms with E-state index in [0.717, 1.165) is 16.3 Å². The number of nitrogens with zero attached hydrogens (tertiary/aromatic N) is 1. The molecule has 0 aliphatic heterocycles. The summed E-state index contributed by atoms with van der Waals surface area (Å²) < 4.78 is 13.3. The SMILES string of the molecule is CN(C(=O)c1ccc(F)cc1)C(C)(C)C(=O)NC(Cc1ccc2ccccc2c1)C(=O)NCC(O)CN. The zero-order valence-corrected chi connectivity index (χ0v) is 21.2. The first-order valence-electron chi connectivity index (χ1n) is 12.0. The van der Waals surface area contributed by atoms with Crippen molar-refractivity contribution in [3.05, 3.63) is 83.7 Å². The smallest absolute Gasteiger partial charge is 0.254 e. The van der Waals surface area contributed by atoms with E-state index in [1.54, 1.807) is 13.8 Å². The second-order valence-electron chi connectivity index (χ2n) is 9.48. The molecule has 0 aliphatic rings. The largest absolute Gasteiger partial charge is 0.390 e. The van der Waals surface area contributed by atoms with Crippen molar-refractivity contribution in [2.45, 2.75) is 38.0 Å². The van der Waals surface area contributed by atoms with E-state index in [-0.39, 0.29) is 25.1 Å². The molecule has 0 aliphatic carbocycles. The molecule has 3 aromatic rings. The van der Waals surface area contributed by atoms with Crippen LogP contribution in [0.3, 0.4) is 0 Å². The Hall–Kier alpha value is -3.82. The number of nitrogens with one attached hydrogen (secondary N) is 2. The van der Waals surface area contributed by atoms with Gasteiger partial charge in [-0.3, -0.25) is 14.4 Å². The number of aliphatic hydroxyl groups excluding tert-OH is 1. The number of rotatable bonds is 10. The molecule has 0 fully saturated rings. The highest BCUT2D eigenvalue weighted by Gasteiger charge is 2.37. The molecule has 2 unspecified atom stereocenters. The average Bonchev–Trinajstić information content (AvgIpc) is 2.90. The molecule has 9 heteroatoms. The maximum Gasteiger partial charge on any atom is 0.254 e. The number of carbonyl (C=O) groups excluding carboxylic acids is 3. The lowest BCUT2D eigenvalue weighted by atomic mass is 9.97. The second kappa shape index (κ2) is 11.9. The van der Waals surface area contributed by atoms with Crippen molar-refractivity contribution in [3.63, 3.8) is 0 Å². The van der Waals surface area contributed by atoms with Crippen molar-refractivity contribution >= 4 is 28.5 Å². The first kappa shape index (κ1) is 27.8. The Morgan fingerprint density at radius 2 is 1.68 bits per heavy atom. The third-order valence-corrected chi connectivity index (χ3v) is 6.45. The fourth-order valence-corrected chi connectivity index (χ4v) is 3.76. The van der Waals surface area contributed by atoms with Gasteiger partial charge < -0.3 is 26.4 Å². The number of likely N-dealkylation sites (N-methyl/N-ethyl adjacent to an activating group) is 1. The maximum absolute atomic E-state index is 13.4. The predicted octanol–water partition coefficient (Wildman–Crippen LogP) is 1.99. The van der Waals surface area contributed by atoms with Crippen LogP contribution in [0.25, 0.3) is 10.8 Å². The van der Waals surface area contributed by atoms with E-state index in [4.69, 9.17) is 5.73 Å². The Labute approximate surface area is 215 Å². The fourth-order valence-electron chi connectivity index (χ4n) is 3.76. The number of halogens is 1. The van der Waals surface area contributed by atoms with E-state index in [2.05, 4.69) is 10.6 Å². The highest BCUT2D eigenvalue weighted by atomic mass is 19.1. The highest BCUT2D eigenvalue weighted by Crippen LogP contribution is 2.19. The maximum atomic E-state index is 13.4. The number of benzene rings is 3. The van der Waals surface area contributed by atoms with Gasteiger partial charge in [-0.05, 0) is 54.4 Å². The van der Waals surface area contributed by atoms with Crippen LogP contribution in [0.4, 0.5) is 4.39 Å². The lowest BCUT2D eigenvalue weighted by Crippen LogP contribution is -2.60. The summed E-state index contributed by atoms with van der Waals surface area (Å²) in [6.45, 7) is 3.04. The zero-order valence-electron chi connectivity index (χ0n) is 21.2. The summed E-state index contributed by atoms with van der Waals surface area (Å²) in [6, 6.07) is 17.6. The Morgan fingerprint density at radius 3 is 2.32 bits per heavy atom. The van der Waals surface area contributed by atoms with Gasteiger partial charge in [-0.15, -0.1) is 0 Å². The molecule has 196 valence electrons. The molecule has 0 heterocycles. The van der Waals surface area contributed by atoms with Crippen molar-refractivity contribution in [1.82, 2.24) is 15.5 Å². The molecular weight excluding hydrogens is 475 g/mol. The lowest BCUT2D eigenvalue weighted by Gasteiger charge is -2.35. The first-order valence-corrected chi connectivity index (χ1v) is 12.0. The summed E-state index contributed by atoms with van der Waals surface area (Å²) in [5, 5.41) is 17.2. The first-order chi connectivity index (χ1) is 17.5. The van der Waals surface area contributed by atoms with E-state index in [0.29, 0.717) is 0 Å². The molecule has 3 aromatic carbocycles. The molecule has 0 radical (unpaired) electrons. The molecule has 0 saturated carbocycles. The van der Waals surface area contributed by atoms with E-state index in [9.17, 15) is 23.9 Å². The minimum Gasteiger partial charge on any atom is -0.390 e. The lowest BCUT2D eigenvalue weighted by molar-refractivity contribution is -0.134. The van der Waals surface area contributed by atoms with Crippen molar-refractivity contribution < 1.29 is 23.9 Å². The summed E-state index contributed by atoms with van der Waals surface area (Å²) >= 11 is 0. The van der Waals surface area contributed by atoms with Crippen LogP contribution in [0.2, 0.25) is 0 Å². The van der Waals surface area contributed by atoms with Gasteiger partial charge in [-0.2, -0.15) is 0 Å². The normalized spacial score (nSPS) is 13.0. The Balaban J connectivity index is 1.81. The molecule has 8 nitrogen and oxygen atoms in total. The summed E-state index contributed by atoms with van der Waals surface area (Å²) in [5.74, 6) is -1.98. The van der Waals surface area contributed by atoms with Crippen molar-refractivity contribution in [1.29, 1.82) is 0 Å². The van der Waals surface area contributed by atoms with Gasteiger partial charge in [0.1, 0.15) is 17.4 Å². The van der Waals surface area contributed by atoms with E-state index >= 15 is 0 Å². The van der Waals surface area contributed by atoms with Crippen LogP contribution in [0.1, 0.15) is 29.8 Å². The predicted molar refractivity (Wildman–Crippen MR) is 140 cm³/mol. The summed E-state index contributed by atoms with van der Waals surface area (Å²) in [6.07, 6.45) is -0.732. The molecule has 37 heavy (non-hydrogen) atoms. The van der Waals surface area contributed by atoms with Crippen LogP contribution in [0.15, 0.2) is 66.7 Å². The van der Waals surface area contributed by atoms with Crippen LogP contribution < -0.4 is 16.4 Å². The van der Waals surface area contributed by atoms with Gasteiger partial charge in [0.25, 0.3) is 5.91 Å². The number of amides is 3. The number of carbonyl (C=O) groups is 3. The van der Waals surface area contributed by atoms with Crippen LogP contribution in [-0.2, 0) is 16.0 Å². The molecule has 3 amide bonds. The van der Waals surface area contributed by atoms with E-state index < -0.39 is 41.2 Å². The third-order valence-electron chi connectivity index (χ3n) is 6.45. The van der Waals surface area contributed by atoms with Crippen LogP contribution >= 0.6 is 0 Å². The van der Waals surface area contributed by atoms with Crippen LogP contribution in [0, 0.1) is 5.82 Å². The van der Waals surface area contributed by atoms with Gasteiger partial charge in [0.15, 0.2) is 0 Å². The standard InChI is InChI=1S/C28H33FN4O4/c1-28(2,33(3)26(36)20-10-12-22(29)13-11-20)27(37)32-24(25(35)31-17-23(34)16-30)15-18-8-9-19-6-4-5-7-21(19)14-18/h4-14,23-24,34H,15-17,30H2,1-3H3,(H,31,35)(H,32,37). The quantitative estimate of drug-likeness (QED) is 0.333. The van der Waals surface area contributed by atoms with Gasteiger partial charge in [0.2, 0.25) is 11.8 Å². The van der Waals surface area contributed by atoms with Gasteiger partial charge in [0, 0.05) is 32.1 Å². The molecule has 0 saturated heterocycles. The zero-order chi connectivity index (χ0) is 27.2. The van der Waals surface area contributed by atoms with Gasteiger partial charge in [0.05, 0.1) is 6.10 Å². The average molecular weight is 509 g/mol. The molecular formula is C28H33FN4O4. The second-order valence-corrected chi connectivity index (χ2v) is 9.48. The summed E-state index contributed by atoms with van der Waals surface area (Å²) in [7, 11) is 1.47. The summed E-state index contributed by atoms with van der Waals surface area (Å²) in [4.78, 5) is 40.7. The van der Waals surface area contributed by atoms with Gasteiger partial charge >= 0.3 is 0 Å². The Morgan fingerprint density at radius 1 is 1.03 bits per heavy atom. The van der Waals surface area contributed by atoms with Crippen molar-refractivity contribution in [2.24, 2.45) is 5.73 Å². The number of fused-ring (bicyclic) bond motifs is 1. The molecule has 2 atom stereocenters. The van der Waals surface area contributed by atoms with Gasteiger partial charge in [-0.25, -0.2) is 4.39 Å². The molecule has 3 rings (SSSR count). The van der Waals surface area contributed by atoms with Gasteiger partial charge in [-0.1, -0.05) is 42.5 Å². The third kappa shape index (κ3) is 6.90. The molecule has 0 spiro atoms. The highest BCUT2D eigenvalue weighted by molar-refractivity contribution is 5.99. The molecule has 5 N–H and O–H groups in total. The van der Waals surface area contributed by atoms with Crippen molar-refractivity contribution in [3.8, 4) is 0 Å². The minimum absolute atomic E-state index is 0.0225. The number of hydrogen-bond acceptors (Lipinski definition) is 5. The molecule has 0 aromatic heterocycles. The Kier molecular flexibility index (Phi) is 8.96. The Bertz CT molecular complexity index is 1260. The number of aliphatic hydroxyl groups is 1.